The number of amides is 1. The molecule has 0 aromatic carbocycles. The van der Waals surface area contributed by atoms with E-state index in [9.17, 15) is 9.59 Å². The first-order valence-corrected chi connectivity index (χ1v) is 6.67. The van der Waals surface area contributed by atoms with Crippen molar-refractivity contribution in [3.05, 3.63) is 23.4 Å². The van der Waals surface area contributed by atoms with Gasteiger partial charge in [0, 0.05) is 18.2 Å². The molecule has 1 aromatic rings. The van der Waals surface area contributed by atoms with Crippen molar-refractivity contribution in [2.24, 2.45) is 11.3 Å². The number of carbonyl (C=O) groups excluding carboxylic acids is 1. The molecule has 0 saturated heterocycles. The van der Waals surface area contributed by atoms with Gasteiger partial charge in [0.2, 0.25) is 5.91 Å². The second-order valence-corrected chi connectivity index (χ2v) is 6.18. The first kappa shape index (κ1) is 16.4. The number of halogens is 1. The number of hydrogen-bond acceptors (Lipinski definition) is 3. The summed E-state index contributed by atoms with van der Waals surface area (Å²) in [6.07, 6.45) is 1.44. The number of carbonyl (C=O) groups is 2. The number of aromatic nitrogens is 1. The lowest BCUT2D eigenvalue weighted by molar-refractivity contribution is -0.140. The molecule has 0 spiro atoms. The lowest BCUT2D eigenvalue weighted by atomic mass is 9.94. The smallest absolute Gasteiger partial charge is 0.308 e. The molecule has 0 aliphatic rings. The number of rotatable bonds is 4. The Hall–Kier alpha value is -1.62. The molecule has 1 unspecified atom stereocenters. The number of carboxylic acids is 1. The molecule has 1 amide bonds. The monoisotopic (exact) mass is 298 g/mol. The summed E-state index contributed by atoms with van der Waals surface area (Å²) in [4.78, 5) is 29.0. The molecule has 6 heteroatoms. The quantitative estimate of drug-likeness (QED) is 0.928. The molecule has 0 aliphatic heterocycles. The topological polar surface area (TPSA) is 70.5 Å². The van der Waals surface area contributed by atoms with E-state index in [1.165, 1.54) is 11.1 Å². The van der Waals surface area contributed by atoms with Crippen LogP contribution in [0, 0.1) is 11.3 Å². The van der Waals surface area contributed by atoms with Gasteiger partial charge in [-0.15, -0.1) is 0 Å². The van der Waals surface area contributed by atoms with Crippen molar-refractivity contribution in [1.82, 2.24) is 4.98 Å². The lowest BCUT2D eigenvalue weighted by Gasteiger charge is -2.30. The minimum absolute atomic E-state index is 0.0695. The van der Waals surface area contributed by atoms with Crippen LogP contribution in [0.5, 0.6) is 0 Å². The van der Waals surface area contributed by atoms with Crippen LogP contribution in [0.4, 0.5) is 5.82 Å². The standard InChI is InChI=1S/C14H19ClN2O3/c1-9(12(18)19)8-17(13(20)14(2,3)4)11-6-5-10(15)7-16-11/h5-7,9H,8H2,1-4H3,(H,18,19). The molecule has 0 radical (unpaired) electrons. The predicted molar refractivity (Wildman–Crippen MR) is 77.9 cm³/mol. The molecule has 1 N–H and O–H groups in total. The Bertz CT molecular complexity index is 494. The van der Waals surface area contributed by atoms with Crippen LogP contribution in [0.3, 0.4) is 0 Å². The van der Waals surface area contributed by atoms with Gasteiger partial charge in [-0.2, -0.15) is 0 Å². The van der Waals surface area contributed by atoms with Crippen molar-refractivity contribution in [3.8, 4) is 0 Å². The second-order valence-electron chi connectivity index (χ2n) is 5.74. The van der Waals surface area contributed by atoms with Crippen LogP contribution < -0.4 is 4.90 Å². The SMILES string of the molecule is CC(CN(C(=O)C(C)(C)C)c1ccc(Cl)cn1)C(=O)O. The Morgan fingerprint density at radius 1 is 1.40 bits per heavy atom. The van der Waals surface area contributed by atoms with Gasteiger partial charge in [0.05, 0.1) is 10.9 Å². The summed E-state index contributed by atoms with van der Waals surface area (Å²) in [5.41, 5.74) is -0.625. The molecular formula is C14H19ClN2O3. The Morgan fingerprint density at radius 2 is 2.00 bits per heavy atom. The highest BCUT2D eigenvalue weighted by Gasteiger charge is 2.31. The summed E-state index contributed by atoms with van der Waals surface area (Å²) in [5, 5.41) is 9.49. The minimum atomic E-state index is -0.953. The summed E-state index contributed by atoms with van der Waals surface area (Å²) in [6, 6.07) is 3.23. The third-order valence-electron chi connectivity index (χ3n) is 2.75. The molecule has 0 aliphatic carbocycles. The van der Waals surface area contributed by atoms with Gasteiger partial charge < -0.3 is 5.11 Å². The first-order valence-electron chi connectivity index (χ1n) is 6.29. The molecule has 1 heterocycles. The van der Waals surface area contributed by atoms with Crippen LogP contribution in [0.25, 0.3) is 0 Å². The third-order valence-corrected chi connectivity index (χ3v) is 2.98. The average Bonchev–Trinajstić information content (AvgIpc) is 2.34. The van der Waals surface area contributed by atoms with E-state index in [4.69, 9.17) is 16.7 Å². The number of carboxylic acid groups (broad SMARTS) is 1. The maximum Gasteiger partial charge on any atom is 0.308 e. The van der Waals surface area contributed by atoms with E-state index in [0.29, 0.717) is 10.8 Å². The molecule has 1 atom stereocenters. The zero-order valence-corrected chi connectivity index (χ0v) is 12.8. The van der Waals surface area contributed by atoms with Gasteiger partial charge in [0.1, 0.15) is 5.82 Å². The molecule has 5 nitrogen and oxygen atoms in total. The Kier molecular flexibility index (Phi) is 5.11. The molecule has 0 saturated carbocycles. The van der Waals surface area contributed by atoms with Crippen LogP contribution in [0.2, 0.25) is 5.02 Å². The molecule has 110 valence electrons. The van der Waals surface area contributed by atoms with Gasteiger partial charge in [-0.1, -0.05) is 39.3 Å². The molecule has 1 aromatic heterocycles. The van der Waals surface area contributed by atoms with Gasteiger partial charge in [0.15, 0.2) is 0 Å². The van der Waals surface area contributed by atoms with Crippen molar-refractivity contribution < 1.29 is 14.7 Å². The van der Waals surface area contributed by atoms with Crippen LogP contribution in [0.1, 0.15) is 27.7 Å². The maximum atomic E-state index is 12.5. The Labute approximate surface area is 123 Å². The summed E-state index contributed by atoms with van der Waals surface area (Å²) in [5.74, 6) is -1.41. The van der Waals surface area contributed by atoms with Gasteiger partial charge in [-0.05, 0) is 12.1 Å². The summed E-state index contributed by atoms with van der Waals surface area (Å²) >= 11 is 5.78. The highest BCUT2D eigenvalue weighted by Crippen LogP contribution is 2.23. The minimum Gasteiger partial charge on any atom is -0.481 e. The van der Waals surface area contributed by atoms with Crippen LogP contribution in [0.15, 0.2) is 18.3 Å². The van der Waals surface area contributed by atoms with Crippen molar-refractivity contribution in [2.45, 2.75) is 27.7 Å². The molecule has 20 heavy (non-hydrogen) atoms. The van der Waals surface area contributed by atoms with E-state index in [1.807, 2.05) is 0 Å². The van der Waals surface area contributed by atoms with E-state index in [1.54, 1.807) is 39.8 Å². The van der Waals surface area contributed by atoms with Gasteiger partial charge in [-0.3, -0.25) is 14.5 Å². The van der Waals surface area contributed by atoms with Crippen LogP contribution >= 0.6 is 11.6 Å². The maximum absolute atomic E-state index is 12.5. The highest BCUT2D eigenvalue weighted by atomic mass is 35.5. The van der Waals surface area contributed by atoms with E-state index in [-0.39, 0.29) is 12.5 Å². The van der Waals surface area contributed by atoms with Crippen LogP contribution in [-0.4, -0.2) is 28.5 Å². The first-order chi connectivity index (χ1) is 9.12. The number of pyridine rings is 1. The molecule has 1 rings (SSSR count). The Balaban J connectivity index is 3.10. The van der Waals surface area contributed by atoms with E-state index < -0.39 is 17.3 Å². The van der Waals surface area contributed by atoms with Gasteiger partial charge in [0.25, 0.3) is 0 Å². The zero-order chi connectivity index (χ0) is 15.5. The van der Waals surface area contributed by atoms with Crippen LogP contribution in [-0.2, 0) is 9.59 Å². The number of hydrogen-bond donors (Lipinski definition) is 1. The second kappa shape index (κ2) is 6.22. The van der Waals surface area contributed by atoms with Crippen molar-refractivity contribution >= 4 is 29.3 Å². The highest BCUT2D eigenvalue weighted by molar-refractivity contribution is 6.30. The third kappa shape index (κ3) is 4.20. The van der Waals surface area contributed by atoms with E-state index in [2.05, 4.69) is 4.98 Å². The molecular weight excluding hydrogens is 280 g/mol. The van der Waals surface area contributed by atoms with Gasteiger partial charge >= 0.3 is 5.97 Å². The predicted octanol–water partition coefficient (Wildman–Crippen LogP) is 2.83. The normalized spacial score (nSPS) is 12.8. The van der Waals surface area contributed by atoms with E-state index >= 15 is 0 Å². The average molecular weight is 299 g/mol. The fourth-order valence-electron chi connectivity index (χ4n) is 1.56. The van der Waals surface area contributed by atoms with E-state index in [0.717, 1.165) is 0 Å². The Morgan fingerprint density at radius 3 is 2.40 bits per heavy atom. The lowest BCUT2D eigenvalue weighted by Crippen LogP contribution is -2.43. The van der Waals surface area contributed by atoms with Crippen molar-refractivity contribution in [2.75, 3.05) is 11.4 Å². The van der Waals surface area contributed by atoms with Crippen molar-refractivity contribution in [3.63, 3.8) is 0 Å². The molecule has 0 bridgehead atoms. The van der Waals surface area contributed by atoms with Crippen molar-refractivity contribution in [1.29, 1.82) is 0 Å². The summed E-state index contributed by atoms with van der Waals surface area (Å²) < 4.78 is 0. The number of aliphatic carboxylic acids is 1. The largest absolute Gasteiger partial charge is 0.481 e. The zero-order valence-electron chi connectivity index (χ0n) is 12.1. The molecule has 0 fully saturated rings. The number of anilines is 1. The van der Waals surface area contributed by atoms with Gasteiger partial charge in [-0.25, -0.2) is 4.98 Å². The summed E-state index contributed by atoms with van der Waals surface area (Å²) in [6.45, 7) is 6.97. The fourth-order valence-corrected chi connectivity index (χ4v) is 1.68. The fraction of sp³-hybridized carbons (Fsp3) is 0.500. The summed E-state index contributed by atoms with van der Waals surface area (Å²) in [7, 11) is 0. The number of nitrogens with zero attached hydrogens (tertiary/aromatic N) is 2.